The molecule has 1 fully saturated rings. The number of nitrogens with zero attached hydrogens (tertiary/aromatic N) is 4. The van der Waals surface area contributed by atoms with Crippen LogP contribution in [0.4, 0.5) is 0 Å². The normalized spacial score (nSPS) is 17.0. The molecule has 4 rings (SSSR count). The van der Waals surface area contributed by atoms with Crippen LogP contribution in [0.15, 0.2) is 46.3 Å². The fraction of sp³-hybridized carbons (Fsp3) is 0.222. The fourth-order valence-corrected chi connectivity index (χ4v) is 3.61. The summed E-state index contributed by atoms with van der Waals surface area (Å²) >= 11 is 1.65. The van der Waals surface area contributed by atoms with Gasteiger partial charge in [-0.25, -0.2) is 0 Å². The van der Waals surface area contributed by atoms with Crippen molar-refractivity contribution in [3.8, 4) is 17.5 Å². The maximum Gasteiger partial charge on any atom is 0.257 e. The van der Waals surface area contributed by atoms with E-state index in [1.165, 1.54) is 4.88 Å². The molecule has 1 aliphatic heterocycles. The van der Waals surface area contributed by atoms with Gasteiger partial charge in [0.05, 0.1) is 18.2 Å². The molecule has 1 saturated heterocycles. The first-order valence-corrected chi connectivity index (χ1v) is 8.75. The van der Waals surface area contributed by atoms with Gasteiger partial charge in [-0.05, 0) is 35.7 Å². The molecule has 25 heavy (non-hydrogen) atoms. The van der Waals surface area contributed by atoms with E-state index >= 15 is 0 Å². The second-order valence-electron chi connectivity index (χ2n) is 5.90. The van der Waals surface area contributed by atoms with Gasteiger partial charge < -0.3 is 9.42 Å². The van der Waals surface area contributed by atoms with Crippen LogP contribution in [-0.2, 0) is 11.3 Å². The highest BCUT2D eigenvalue weighted by molar-refractivity contribution is 7.09. The van der Waals surface area contributed by atoms with E-state index in [1.807, 2.05) is 22.4 Å². The molecule has 0 saturated carbocycles. The number of nitriles is 1. The van der Waals surface area contributed by atoms with Gasteiger partial charge in [0.2, 0.25) is 5.91 Å². The third-order valence-electron chi connectivity index (χ3n) is 4.21. The highest BCUT2D eigenvalue weighted by atomic mass is 32.1. The minimum Gasteiger partial charge on any atom is -0.337 e. The summed E-state index contributed by atoms with van der Waals surface area (Å²) in [6, 6.07) is 13.1. The van der Waals surface area contributed by atoms with Gasteiger partial charge >= 0.3 is 0 Å². The standard InChI is InChI=1S/C18H14N4O2S/c19-9-12-3-5-13(6-4-12)18-20-17(21-24-18)14-8-16(23)22(10-14)11-15-2-1-7-25-15/h1-7,14H,8,10-11H2/t14-/m1/s1. The number of carbonyl (C=O) groups excluding carboxylic acids is 1. The van der Waals surface area contributed by atoms with Crippen molar-refractivity contribution in [2.75, 3.05) is 6.54 Å². The quantitative estimate of drug-likeness (QED) is 0.721. The predicted molar refractivity (Wildman–Crippen MR) is 91.5 cm³/mol. The molecule has 3 aromatic rings. The topological polar surface area (TPSA) is 83.0 Å². The van der Waals surface area contributed by atoms with E-state index in [2.05, 4.69) is 16.2 Å². The zero-order valence-corrected chi connectivity index (χ0v) is 14.1. The molecular weight excluding hydrogens is 336 g/mol. The molecule has 6 nitrogen and oxygen atoms in total. The maximum atomic E-state index is 12.2. The van der Waals surface area contributed by atoms with E-state index in [0.717, 1.165) is 5.56 Å². The summed E-state index contributed by atoms with van der Waals surface area (Å²) in [6.45, 7) is 1.23. The summed E-state index contributed by atoms with van der Waals surface area (Å²) in [5.41, 5.74) is 1.34. The molecule has 2 aromatic heterocycles. The van der Waals surface area contributed by atoms with Crippen molar-refractivity contribution in [1.29, 1.82) is 5.26 Å². The van der Waals surface area contributed by atoms with Gasteiger partial charge in [-0.3, -0.25) is 4.79 Å². The van der Waals surface area contributed by atoms with Crippen molar-refractivity contribution in [2.45, 2.75) is 18.9 Å². The third-order valence-corrected chi connectivity index (χ3v) is 5.07. The fourth-order valence-electron chi connectivity index (χ4n) is 2.89. The molecule has 0 bridgehead atoms. The number of likely N-dealkylation sites (tertiary alicyclic amines) is 1. The van der Waals surface area contributed by atoms with E-state index in [4.69, 9.17) is 9.78 Å². The monoisotopic (exact) mass is 350 g/mol. The molecule has 1 amide bonds. The lowest BCUT2D eigenvalue weighted by molar-refractivity contribution is -0.128. The number of benzene rings is 1. The zero-order chi connectivity index (χ0) is 17.2. The SMILES string of the molecule is N#Cc1ccc(-c2nc([C@@H]3CC(=O)N(Cc4cccs4)C3)no2)cc1. The molecule has 124 valence electrons. The van der Waals surface area contributed by atoms with E-state index in [9.17, 15) is 4.79 Å². The first-order valence-electron chi connectivity index (χ1n) is 7.87. The van der Waals surface area contributed by atoms with Crippen molar-refractivity contribution < 1.29 is 9.32 Å². The summed E-state index contributed by atoms with van der Waals surface area (Å²) in [5, 5.41) is 14.9. The van der Waals surface area contributed by atoms with Crippen molar-refractivity contribution in [3.05, 3.63) is 58.0 Å². The van der Waals surface area contributed by atoms with E-state index in [1.54, 1.807) is 35.6 Å². The lowest BCUT2D eigenvalue weighted by atomic mass is 10.1. The summed E-state index contributed by atoms with van der Waals surface area (Å²) in [7, 11) is 0. The number of aromatic nitrogens is 2. The second-order valence-corrected chi connectivity index (χ2v) is 6.93. The molecule has 3 heterocycles. The van der Waals surface area contributed by atoms with E-state index in [-0.39, 0.29) is 11.8 Å². The largest absolute Gasteiger partial charge is 0.337 e. The van der Waals surface area contributed by atoms with Crippen LogP contribution in [0, 0.1) is 11.3 Å². The average molecular weight is 350 g/mol. The smallest absolute Gasteiger partial charge is 0.257 e. The Kier molecular flexibility index (Phi) is 4.04. The second kappa shape index (κ2) is 6.49. The number of rotatable bonds is 4. The van der Waals surface area contributed by atoms with Crippen LogP contribution in [0.1, 0.15) is 28.6 Å². The van der Waals surface area contributed by atoms with Gasteiger partial charge in [0.25, 0.3) is 5.89 Å². The lowest BCUT2D eigenvalue weighted by Gasteiger charge is -2.14. The van der Waals surface area contributed by atoms with Crippen molar-refractivity contribution >= 4 is 17.2 Å². The van der Waals surface area contributed by atoms with E-state index < -0.39 is 0 Å². The van der Waals surface area contributed by atoms with Crippen LogP contribution < -0.4 is 0 Å². The number of carbonyl (C=O) groups is 1. The average Bonchev–Trinajstić information content (AvgIpc) is 3.37. The van der Waals surface area contributed by atoms with Gasteiger partial charge in [-0.1, -0.05) is 11.2 Å². The first-order chi connectivity index (χ1) is 12.2. The summed E-state index contributed by atoms with van der Waals surface area (Å²) in [5.74, 6) is 1.02. The van der Waals surface area contributed by atoms with Crippen LogP contribution in [0.3, 0.4) is 0 Å². The zero-order valence-electron chi connectivity index (χ0n) is 13.3. The van der Waals surface area contributed by atoms with Crippen molar-refractivity contribution in [2.24, 2.45) is 0 Å². The van der Waals surface area contributed by atoms with Crippen LogP contribution in [0.2, 0.25) is 0 Å². The number of thiophene rings is 1. The predicted octanol–water partition coefficient (Wildman–Crippen LogP) is 3.19. The molecule has 0 spiro atoms. The van der Waals surface area contributed by atoms with Crippen molar-refractivity contribution in [1.82, 2.24) is 15.0 Å². The van der Waals surface area contributed by atoms with Gasteiger partial charge in [-0.15, -0.1) is 11.3 Å². The molecule has 7 heteroatoms. The Hall–Kier alpha value is -2.98. The van der Waals surface area contributed by atoms with Gasteiger partial charge in [0, 0.05) is 29.3 Å². The van der Waals surface area contributed by atoms with Crippen LogP contribution in [0.25, 0.3) is 11.5 Å². The number of hydrogen-bond donors (Lipinski definition) is 0. The molecular formula is C18H14N4O2S. The van der Waals surface area contributed by atoms with E-state index in [0.29, 0.717) is 36.8 Å². The molecule has 0 N–H and O–H groups in total. The Balaban J connectivity index is 1.48. The summed E-state index contributed by atoms with van der Waals surface area (Å²) in [6.07, 6.45) is 0.401. The number of hydrogen-bond acceptors (Lipinski definition) is 6. The summed E-state index contributed by atoms with van der Waals surface area (Å²) < 4.78 is 5.34. The molecule has 1 aliphatic rings. The Bertz CT molecular complexity index is 925. The first kappa shape index (κ1) is 15.5. The Morgan fingerprint density at radius 3 is 2.88 bits per heavy atom. The third kappa shape index (κ3) is 3.16. The minimum atomic E-state index is -0.0525. The Morgan fingerprint density at radius 2 is 2.16 bits per heavy atom. The Labute approximate surface area is 148 Å². The molecule has 0 aliphatic carbocycles. The van der Waals surface area contributed by atoms with Crippen LogP contribution in [-0.4, -0.2) is 27.5 Å². The highest BCUT2D eigenvalue weighted by Crippen LogP contribution is 2.29. The maximum absolute atomic E-state index is 12.2. The van der Waals surface area contributed by atoms with Crippen molar-refractivity contribution in [3.63, 3.8) is 0 Å². The molecule has 1 atom stereocenters. The number of amides is 1. The van der Waals surface area contributed by atoms with Crippen LogP contribution >= 0.6 is 11.3 Å². The highest BCUT2D eigenvalue weighted by Gasteiger charge is 2.33. The molecule has 0 radical (unpaired) electrons. The minimum absolute atomic E-state index is 0.0525. The lowest BCUT2D eigenvalue weighted by Crippen LogP contribution is -2.23. The van der Waals surface area contributed by atoms with Gasteiger partial charge in [-0.2, -0.15) is 10.2 Å². The van der Waals surface area contributed by atoms with Crippen LogP contribution in [0.5, 0.6) is 0 Å². The Morgan fingerprint density at radius 1 is 1.32 bits per heavy atom. The molecule has 1 aromatic carbocycles. The summed E-state index contributed by atoms with van der Waals surface area (Å²) in [4.78, 5) is 19.7. The molecule has 0 unspecified atom stereocenters. The van der Waals surface area contributed by atoms with Gasteiger partial charge in [0.1, 0.15) is 0 Å². The van der Waals surface area contributed by atoms with Gasteiger partial charge in [0.15, 0.2) is 5.82 Å².